The molecule has 3 heteroatoms. The molecule has 1 aromatic heterocycles. The standard InChI is InChI=1S/C15H20N2O/c16-9-14(17-8-7-11-5-6-11)13-10-18-15-4-2-1-3-12(13)15/h1-4,10-11,14,17H,5-9,16H2. The lowest BCUT2D eigenvalue weighted by molar-refractivity contribution is 0.509. The number of hydrogen-bond donors (Lipinski definition) is 2. The van der Waals surface area contributed by atoms with E-state index >= 15 is 0 Å². The molecule has 3 rings (SSSR count). The third-order valence-electron chi connectivity index (χ3n) is 3.76. The van der Waals surface area contributed by atoms with E-state index in [9.17, 15) is 0 Å². The summed E-state index contributed by atoms with van der Waals surface area (Å²) in [6.45, 7) is 1.65. The van der Waals surface area contributed by atoms with Gasteiger partial charge in [-0.05, 0) is 24.9 Å². The van der Waals surface area contributed by atoms with E-state index in [1.54, 1.807) is 0 Å². The largest absolute Gasteiger partial charge is 0.464 e. The highest BCUT2D eigenvalue weighted by Gasteiger charge is 2.21. The number of hydrogen-bond acceptors (Lipinski definition) is 3. The first-order valence-electron chi connectivity index (χ1n) is 6.78. The summed E-state index contributed by atoms with van der Waals surface area (Å²) in [5.41, 5.74) is 8.01. The number of benzene rings is 1. The van der Waals surface area contributed by atoms with Crippen LogP contribution in [0.25, 0.3) is 11.0 Å². The zero-order chi connectivity index (χ0) is 12.4. The van der Waals surface area contributed by atoms with Crippen molar-refractivity contribution in [2.75, 3.05) is 13.1 Å². The SMILES string of the molecule is NCC(NCCC1CC1)c1coc2ccccc12. The molecular weight excluding hydrogens is 224 g/mol. The summed E-state index contributed by atoms with van der Waals surface area (Å²) in [4.78, 5) is 0. The lowest BCUT2D eigenvalue weighted by Gasteiger charge is -2.15. The maximum Gasteiger partial charge on any atom is 0.134 e. The second-order valence-electron chi connectivity index (χ2n) is 5.16. The van der Waals surface area contributed by atoms with Gasteiger partial charge in [0.2, 0.25) is 0 Å². The molecule has 1 saturated carbocycles. The van der Waals surface area contributed by atoms with Gasteiger partial charge in [-0.1, -0.05) is 31.0 Å². The number of nitrogens with two attached hydrogens (primary N) is 1. The molecule has 1 unspecified atom stereocenters. The van der Waals surface area contributed by atoms with Crippen molar-refractivity contribution in [1.82, 2.24) is 5.32 Å². The number of nitrogens with one attached hydrogen (secondary N) is 1. The van der Waals surface area contributed by atoms with Gasteiger partial charge in [-0.2, -0.15) is 0 Å². The number of furan rings is 1. The van der Waals surface area contributed by atoms with E-state index in [4.69, 9.17) is 10.2 Å². The van der Waals surface area contributed by atoms with Crippen LogP contribution in [0.5, 0.6) is 0 Å². The molecule has 1 fully saturated rings. The maximum absolute atomic E-state index is 5.88. The van der Waals surface area contributed by atoms with Crippen LogP contribution in [0, 0.1) is 5.92 Å². The smallest absolute Gasteiger partial charge is 0.134 e. The molecule has 1 aliphatic carbocycles. The number of fused-ring (bicyclic) bond motifs is 1. The van der Waals surface area contributed by atoms with Crippen molar-refractivity contribution in [3.63, 3.8) is 0 Å². The summed E-state index contributed by atoms with van der Waals surface area (Å²) in [5, 5.41) is 4.72. The van der Waals surface area contributed by atoms with Crippen LogP contribution in [-0.4, -0.2) is 13.1 Å². The molecule has 1 atom stereocenters. The first-order valence-corrected chi connectivity index (χ1v) is 6.78. The van der Waals surface area contributed by atoms with Gasteiger partial charge in [-0.15, -0.1) is 0 Å². The van der Waals surface area contributed by atoms with E-state index in [2.05, 4.69) is 11.4 Å². The highest BCUT2D eigenvalue weighted by molar-refractivity contribution is 5.81. The van der Waals surface area contributed by atoms with Crippen LogP contribution in [-0.2, 0) is 0 Å². The molecule has 0 radical (unpaired) electrons. The summed E-state index contributed by atoms with van der Waals surface area (Å²) in [7, 11) is 0. The van der Waals surface area contributed by atoms with Crippen LogP contribution in [0.1, 0.15) is 30.9 Å². The average molecular weight is 244 g/mol. The predicted molar refractivity (Wildman–Crippen MR) is 73.4 cm³/mol. The summed E-state index contributed by atoms with van der Waals surface area (Å²) >= 11 is 0. The Kier molecular flexibility index (Phi) is 3.35. The molecule has 0 aliphatic heterocycles. The van der Waals surface area contributed by atoms with Crippen LogP contribution in [0.3, 0.4) is 0 Å². The van der Waals surface area contributed by atoms with Crippen LogP contribution in [0.4, 0.5) is 0 Å². The highest BCUT2D eigenvalue weighted by atomic mass is 16.3. The van der Waals surface area contributed by atoms with Crippen molar-refractivity contribution < 1.29 is 4.42 Å². The molecule has 0 amide bonds. The highest BCUT2D eigenvalue weighted by Crippen LogP contribution is 2.32. The Morgan fingerprint density at radius 2 is 2.17 bits per heavy atom. The van der Waals surface area contributed by atoms with Gasteiger partial charge < -0.3 is 15.5 Å². The first kappa shape index (κ1) is 11.8. The van der Waals surface area contributed by atoms with E-state index < -0.39 is 0 Å². The average Bonchev–Trinajstić information content (AvgIpc) is 3.13. The Hall–Kier alpha value is -1.32. The molecule has 0 bridgehead atoms. The molecule has 1 aromatic carbocycles. The van der Waals surface area contributed by atoms with Crippen LogP contribution in [0.15, 0.2) is 34.9 Å². The maximum atomic E-state index is 5.88. The van der Waals surface area contributed by atoms with Crippen molar-refractivity contribution >= 4 is 11.0 Å². The van der Waals surface area contributed by atoms with Gasteiger partial charge in [0.05, 0.1) is 6.26 Å². The van der Waals surface area contributed by atoms with Crippen molar-refractivity contribution in [2.24, 2.45) is 11.7 Å². The Morgan fingerprint density at radius 3 is 2.94 bits per heavy atom. The third kappa shape index (κ3) is 2.42. The molecule has 0 saturated heterocycles. The fraction of sp³-hybridized carbons (Fsp3) is 0.467. The predicted octanol–water partition coefficient (Wildman–Crippen LogP) is 2.82. The van der Waals surface area contributed by atoms with Gasteiger partial charge in [0.1, 0.15) is 5.58 Å². The molecule has 1 aliphatic rings. The Bertz CT molecular complexity index is 516. The fourth-order valence-electron chi connectivity index (χ4n) is 2.46. The third-order valence-corrected chi connectivity index (χ3v) is 3.76. The quantitative estimate of drug-likeness (QED) is 0.821. The van der Waals surface area contributed by atoms with Gasteiger partial charge in [0, 0.05) is 23.5 Å². The minimum atomic E-state index is 0.201. The van der Waals surface area contributed by atoms with E-state index in [-0.39, 0.29) is 6.04 Å². The van der Waals surface area contributed by atoms with Gasteiger partial charge in [-0.3, -0.25) is 0 Å². The second-order valence-corrected chi connectivity index (χ2v) is 5.16. The van der Waals surface area contributed by atoms with Gasteiger partial charge in [-0.25, -0.2) is 0 Å². The monoisotopic (exact) mass is 244 g/mol. The summed E-state index contributed by atoms with van der Waals surface area (Å²) in [5.74, 6) is 0.956. The zero-order valence-electron chi connectivity index (χ0n) is 10.6. The summed E-state index contributed by atoms with van der Waals surface area (Å²) in [6.07, 6.45) is 5.92. The van der Waals surface area contributed by atoms with Crippen molar-refractivity contribution in [2.45, 2.75) is 25.3 Å². The zero-order valence-corrected chi connectivity index (χ0v) is 10.6. The fourth-order valence-corrected chi connectivity index (χ4v) is 2.46. The normalized spacial score (nSPS) is 17.2. The van der Waals surface area contributed by atoms with Crippen molar-refractivity contribution in [3.8, 4) is 0 Å². The first-order chi connectivity index (χ1) is 8.88. The lowest BCUT2D eigenvalue weighted by atomic mass is 10.1. The van der Waals surface area contributed by atoms with E-state index in [1.807, 2.05) is 24.5 Å². The molecule has 3 N–H and O–H groups in total. The molecule has 1 heterocycles. The second kappa shape index (κ2) is 5.12. The topological polar surface area (TPSA) is 51.2 Å². The molecular formula is C15H20N2O. The molecule has 18 heavy (non-hydrogen) atoms. The Morgan fingerprint density at radius 1 is 1.33 bits per heavy atom. The van der Waals surface area contributed by atoms with Gasteiger partial charge in [0.25, 0.3) is 0 Å². The van der Waals surface area contributed by atoms with Crippen LogP contribution in [0.2, 0.25) is 0 Å². The number of rotatable bonds is 6. The van der Waals surface area contributed by atoms with Gasteiger partial charge in [0.15, 0.2) is 0 Å². The van der Waals surface area contributed by atoms with Gasteiger partial charge >= 0.3 is 0 Å². The Balaban J connectivity index is 1.72. The molecule has 2 aromatic rings. The minimum absolute atomic E-state index is 0.201. The summed E-state index contributed by atoms with van der Waals surface area (Å²) in [6, 6.07) is 8.33. The van der Waals surface area contributed by atoms with E-state index in [1.165, 1.54) is 30.2 Å². The molecule has 3 nitrogen and oxygen atoms in total. The van der Waals surface area contributed by atoms with Crippen LogP contribution < -0.4 is 11.1 Å². The Labute approximate surface area is 107 Å². The van der Waals surface area contributed by atoms with Crippen molar-refractivity contribution in [3.05, 3.63) is 36.1 Å². The number of para-hydroxylation sites is 1. The van der Waals surface area contributed by atoms with E-state index in [0.29, 0.717) is 6.54 Å². The van der Waals surface area contributed by atoms with E-state index in [0.717, 1.165) is 18.0 Å². The summed E-state index contributed by atoms with van der Waals surface area (Å²) < 4.78 is 5.58. The van der Waals surface area contributed by atoms with Crippen molar-refractivity contribution in [1.29, 1.82) is 0 Å². The van der Waals surface area contributed by atoms with Crippen LogP contribution >= 0.6 is 0 Å². The lowest BCUT2D eigenvalue weighted by Crippen LogP contribution is -2.29. The minimum Gasteiger partial charge on any atom is -0.464 e. The molecule has 0 spiro atoms. The molecule has 96 valence electrons.